The van der Waals surface area contributed by atoms with Gasteiger partial charge in [-0.15, -0.1) is 12.4 Å². The molecule has 1 unspecified atom stereocenters. The van der Waals surface area contributed by atoms with E-state index in [1.54, 1.807) is 0 Å². The van der Waals surface area contributed by atoms with Crippen molar-refractivity contribution in [3.63, 3.8) is 0 Å². The van der Waals surface area contributed by atoms with Gasteiger partial charge in [0.1, 0.15) is 5.76 Å². The van der Waals surface area contributed by atoms with Crippen LogP contribution in [0.5, 0.6) is 0 Å². The van der Waals surface area contributed by atoms with Gasteiger partial charge in [-0.1, -0.05) is 28.9 Å². The highest BCUT2D eigenvalue weighted by Gasteiger charge is 2.26. The highest BCUT2D eigenvalue weighted by molar-refractivity contribution is 6.33. The number of benzene rings is 1. The monoisotopic (exact) mass is 380 g/mol. The zero-order valence-corrected chi connectivity index (χ0v) is 15.2. The molecule has 6 nitrogen and oxygen atoms in total. The molecule has 1 aromatic carbocycles. The first-order chi connectivity index (χ1) is 11.7. The second-order valence-electron chi connectivity index (χ2n) is 5.80. The minimum Gasteiger partial charge on any atom is -0.451 e. The Bertz CT molecular complexity index is 849. The Morgan fingerprint density at radius 1 is 1.20 bits per heavy atom. The van der Waals surface area contributed by atoms with Crippen molar-refractivity contribution in [2.24, 2.45) is 0 Å². The van der Waals surface area contributed by atoms with E-state index in [0.717, 1.165) is 25.2 Å². The molecule has 1 N–H and O–H groups in total. The molecule has 3 aromatic rings. The number of likely N-dealkylation sites (N-methyl/N-ethyl adjacent to an activating group) is 1. The number of rotatable bonds is 3. The first-order valence-corrected chi connectivity index (χ1v) is 8.20. The topological polar surface area (TPSA) is 67.3 Å². The number of halogens is 2. The van der Waals surface area contributed by atoms with E-state index < -0.39 is 0 Å². The van der Waals surface area contributed by atoms with Crippen molar-refractivity contribution < 1.29 is 8.94 Å². The van der Waals surface area contributed by atoms with Crippen molar-refractivity contribution in [3.05, 3.63) is 47.2 Å². The molecule has 3 heterocycles. The number of piperazine rings is 1. The Labute approximate surface area is 156 Å². The van der Waals surface area contributed by atoms with Crippen LogP contribution in [0.4, 0.5) is 0 Å². The van der Waals surface area contributed by atoms with Crippen LogP contribution in [0.3, 0.4) is 0 Å². The van der Waals surface area contributed by atoms with Crippen LogP contribution in [0.25, 0.3) is 23.0 Å². The molecule has 1 atom stereocenters. The van der Waals surface area contributed by atoms with Gasteiger partial charge in [-0.05, 0) is 31.3 Å². The van der Waals surface area contributed by atoms with Gasteiger partial charge in [-0.2, -0.15) is 4.98 Å². The first kappa shape index (κ1) is 17.9. The van der Waals surface area contributed by atoms with Crippen LogP contribution in [0.2, 0.25) is 5.02 Å². The molecule has 1 saturated heterocycles. The number of nitrogens with zero attached hydrogens (tertiary/aromatic N) is 3. The molecular weight excluding hydrogens is 363 g/mol. The number of furan rings is 1. The molecule has 25 heavy (non-hydrogen) atoms. The quantitative estimate of drug-likeness (QED) is 0.747. The second kappa shape index (κ2) is 7.58. The molecule has 0 radical (unpaired) electrons. The molecule has 0 saturated carbocycles. The van der Waals surface area contributed by atoms with Gasteiger partial charge in [0.15, 0.2) is 11.6 Å². The molecular formula is C17H18Cl2N4O2. The summed E-state index contributed by atoms with van der Waals surface area (Å²) < 4.78 is 11.2. The van der Waals surface area contributed by atoms with E-state index in [0.29, 0.717) is 28.3 Å². The molecule has 8 heteroatoms. The molecule has 132 valence electrons. The lowest BCUT2D eigenvalue weighted by molar-refractivity contribution is 0.190. The largest absolute Gasteiger partial charge is 0.451 e. The lowest BCUT2D eigenvalue weighted by Gasteiger charge is -2.30. The molecule has 2 aromatic heterocycles. The normalized spacial score (nSPS) is 18.1. The van der Waals surface area contributed by atoms with Gasteiger partial charge in [-0.25, -0.2) is 0 Å². The van der Waals surface area contributed by atoms with Crippen molar-refractivity contribution in [1.82, 2.24) is 20.4 Å². The first-order valence-electron chi connectivity index (χ1n) is 7.82. The number of nitrogens with one attached hydrogen (secondary N) is 1. The minimum atomic E-state index is 0. The molecule has 4 rings (SSSR count). The maximum absolute atomic E-state index is 6.21. The smallest absolute Gasteiger partial charge is 0.293 e. The Kier molecular flexibility index (Phi) is 5.44. The molecule has 1 aliphatic heterocycles. The van der Waals surface area contributed by atoms with Crippen LogP contribution in [0.1, 0.15) is 11.9 Å². The van der Waals surface area contributed by atoms with Crippen LogP contribution in [0.15, 0.2) is 45.3 Å². The van der Waals surface area contributed by atoms with Gasteiger partial charge in [0.05, 0.1) is 11.1 Å². The van der Waals surface area contributed by atoms with E-state index in [9.17, 15) is 0 Å². The number of hydrogen-bond donors (Lipinski definition) is 1. The maximum Gasteiger partial charge on any atom is 0.293 e. The van der Waals surface area contributed by atoms with Gasteiger partial charge in [0, 0.05) is 25.2 Å². The Morgan fingerprint density at radius 3 is 2.80 bits per heavy atom. The second-order valence-corrected chi connectivity index (χ2v) is 6.21. The third-order valence-electron chi connectivity index (χ3n) is 4.21. The molecule has 0 spiro atoms. The van der Waals surface area contributed by atoms with E-state index in [2.05, 4.69) is 27.4 Å². The number of aromatic nitrogens is 2. The van der Waals surface area contributed by atoms with E-state index in [4.69, 9.17) is 20.5 Å². The summed E-state index contributed by atoms with van der Waals surface area (Å²) in [5, 5.41) is 8.09. The Balaban J connectivity index is 0.00000182. The predicted octanol–water partition coefficient (Wildman–Crippen LogP) is 3.65. The Hall–Kier alpha value is -1.86. The third-order valence-corrected chi connectivity index (χ3v) is 4.54. The lowest BCUT2D eigenvalue weighted by Crippen LogP contribution is -2.44. The summed E-state index contributed by atoms with van der Waals surface area (Å²) in [5.74, 6) is 2.25. The van der Waals surface area contributed by atoms with Gasteiger partial charge in [0.25, 0.3) is 5.89 Å². The molecule has 1 fully saturated rings. The van der Waals surface area contributed by atoms with E-state index in [-0.39, 0.29) is 18.4 Å². The number of hydrogen-bond acceptors (Lipinski definition) is 6. The van der Waals surface area contributed by atoms with Crippen LogP contribution >= 0.6 is 24.0 Å². The van der Waals surface area contributed by atoms with E-state index in [1.165, 1.54) is 0 Å². The van der Waals surface area contributed by atoms with E-state index >= 15 is 0 Å². The summed E-state index contributed by atoms with van der Waals surface area (Å²) in [7, 11) is 2.06. The molecule has 0 amide bonds. The molecule has 0 bridgehead atoms. The van der Waals surface area contributed by atoms with Crippen molar-refractivity contribution in [3.8, 4) is 23.0 Å². The SMILES string of the molecule is CN1CCNCC1c1noc(-c2ccc(-c3ccccc3Cl)o2)n1.Cl. The molecule has 0 aliphatic carbocycles. The van der Waals surface area contributed by atoms with Crippen LogP contribution in [-0.2, 0) is 0 Å². The van der Waals surface area contributed by atoms with Crippen molar-refractivity contribution in [1.29, 1.82) is 0 Å². The summed E-state index contributed by atoms with van der Waals surface area (Å²) in [6.07, 6.45) is 0. The third kappa shape index (κ3) is 3.57. The lowest BCUT2D eigenvalue weighted by atomic mass is 10.2. The predicted molar refractivity (Wildman–Crippen MR) is 97.9 cm³/mol. The highest BCUT2D eigenvalue weighted by atomic mass is 35.5. The maximum atomic E-state index is 6.21. The molecule has 1 aliphatic rings. The van der Waals surface area contributed by atoms with Crippen molar-refractivity contribution >= 4 is 24.0 Å². The summed E-state index contributed by atoms with van der Waals surface area (Å²) in [6.45, 7) is 2.72. The van der Waals surface area contributed by atoms with Gasteiger partial charge >= 0.3 is 0 Å². The van der Waals surface area contributed by atoms with E-state index in [1.807, 2.05) is 36.4 Å². The summed E-state index contributed by atoms with van der Waals surface area (Å²) in [5.41, 5.74) is 0.835. The van der Waals surface area contributed by atoms with Crippen LogP contribution in [0, 0.1) is 0 Å². The van der Waals surface area contributed by atoms with Crippen LogP contribution < -0.4 is 5.32 Å². The van der Waals surface area contributed by atoms with Gasteiger partial charge < -0.3 is 14.3 Å². The van der Waals surface area contributed by atoms with Crippen molar-refractivity contribution in [2.75, 3.05) is 26.7 Å². The zero-order valence-electron chi connectivity index (χ0n) is 13.6. The average molecular weight is 381 g/mol. The summed E-state index contributed by atoms with van der Waals surface area (Å²) in [4.78, 5) is 6.71. The average Bonchev–Trinajstić information content (AvgIpc) is 3.25. The minimum absolute atomic E-state index is 0. The van der Waals surface area contributed by atoms with Gasteiger partial charge in [0.2, 0.25) is 0 Å². The fourth-order valence-electron chi connectivity index (χ4n) is 2.82. The summed E-state index contributed by atoms with van der Waals surface area (Å²) in [6, 6.07) is 11.3. The van der Waals surface area contributed by atoms with Crippen LogP contribution in [-0.4, -0.2) is 41.7 Å². The van der Waals surface area contributed by atoms with Crippen molar-refractivity contribution in [2.45, 2.75) is 6.04 Å². The Morgan fingerprint density at radius 2 is 2.00 bits per heavy atom. The highest BCUT2D eigenvalue weighted by Crippen LogP contribution is 2.32. The van der Waals surface area contributed by atoms with Gasteiger partial charge in [-0.3, -0.25) is 4.90 Å². The standard InChI is InChI=1S/C17H17ClN4O2.ClH/c1-22-9-8-19-10-13(22)16-20-17(24-21-16)15-7-6-14(23-15)11-4-2-3-5-12(11)18;/h2-7,13,19H,8-10H2,1H3;1H. The fourth-order valence-corrected chi connectivity index (χ4v) is 3.05. The fraction of sp³-hybridized carbons (Fsp3) is 0.294. The summed E-state index contributed by atoms with van der Waals surface area (Å²) >= 11 is 6.21. The zero-order chi connectivity index (χ0) is 16.5.